The van der Waals surface area contributed by atoms with Crippen LogP contribution in [0.3, 0.4) is 0 Å². The van der Waals surface area contributed by atoms with Crippen molar-refractivity contribution >= 4 is 0 Å². The van der Waals surface area contributed by atoms with Crippen LogP contribution in [0.5, 0.6) is 0 Å². The minimum atomic E-state index is 0.194. The molecule has 1 aromatic rings. The van der Waals surface area contributed by atoms with Crippen molar-refractivity contribution in [1.82, 2.24) is 4.57 Å². The maximum atomic E-state index is 8.65. The van der Waals surface area contributed by atoms with Crippen LogP contribution in [-0.2, 0) is 0 Å². The first-order valence-electron chi connectivity index (χ1n) is 3.49. The predicted octanol–water partition coefficient (Wildman–Crippen LogP) is 2.11. The van der Waals surface area contributed by atoms with Crippen molar-refractivity contribution in [3.05, 3.63) is 36.7 Å². The molecule has 0 N–H and O–H groups in total. The Bertz CT molecular complexity index is 291. The molecule has 1 unspecified atom stereocenters. The SMILES string of the molecule is C=CC(C)n1cccc1C#N. The number of nitrogens with zero attached hydrogens (tertiary/aromatic N) is 2. The third-order valence-corrected chi connectivity index (χ3v) is 1.67. The van der Waals surface area contributed by atoms with Crippen LogP contribution in [0.1, 0.15) is 18.7 Å². The average molecular weight is 146 g/mol. The van der Waals surface area contributed by atoms with E-state index in [4.69, 9.17) is 5.26 Å². The molecule has 0 aliphatic rings. The molecule has 1 rings (SSSR count). The van der Waals surface area contributed by atoms with Gasteiger partial charge in [-0.1, -0.05) is 6.08 Å². The highest BCUT2D eigenvalue weighted by atomic mass is 15.0. The summed E-state index contributed by atoms with van der Waals surface area (Å²) in [5.41, 5.74) is 0.678. The van der Waals surface area contributed by atoms with E-state index in [-0.39, 0.29) is 6.04 Å². The van der Waals surface area contributed by atoms with E-state index in [2.05, 4.69) is 12.6 Å². The zero-order chi connectivity index (χ0) is 8.27. The van der Waals surface area contributed by atoms with Gasteiger partial charge in [-0.05, 0) is 19.1 Å². The fraction of sp³-hybridized carbons (Fsp3) is 0.222. The van der Waals surface area contributed by atoms with Gasteiger partial charge in [-0.15, -0.1) is 6.58 Å². The van der Waals surface area contributed by atoms with Crippen molar-refractivity contribution in [2.45, 2.75) is 13.0 Å². The Kier molecular flexibility index (Phi) is 2.12. The second-order valence-corrected chi connectivity index (χ2v) is 2.39. The molecule has 1 aromatic heterocycles. The van der Waals surface area contributed by atoms with Gasteiger partial charge in [0.1, 0.15) is 11.8 Å². The zero-order valence-electron chi connectivity index (χ0n) is 6.49. The molecule has 2 heteroatoms. The standard InChI is InChI=1S/C9H10N2/c1-3-8(2)11-6-4-5-9(11)7-10/h3-6,8H,1H2,2H3. The van der Waals surface area contributed by atoms with Gasteiger partial charge in [0.15, 0.2) is 0 Å². The second kappa shape index (κ2) is 3.07. The highest BCUT2D eigenvalue weighted by molar-refractivity contribution is 5.23. The van der Waals surface area contributed by atoms with Crippen LogP contribution in [0.15, 0.2) is 31.0 Å². The van der Waals surface area contributed by atoms with Crippen molar-refractivity contribution < 1.29 is 0 Å². The Balaban J connectivity index is 3.04. The topological polar surface area (TPSA) is 28.7 Å². The van der Waals surface area contributed by atoms with E-state index < -0.39 is 0 Å². The normalized spacial score (nSPS) is 12.0. The zero-order valence-corrected chi connectivity index (χ0v) is 6.49. The van der Waals surface area contributed by atoms with Crippen LogP contribution in [0.4, 0.5) is 0 Å². The van der Waals surface area contributed by atoms with Crippen molar-refractivity contribution in [2.24, 2.45) is 0 Å². The van der Waals surface area contributed by atoms with Crippen molar-refractivity contribution in [3.63, 3.8) is 0 Å². The lowest BCUT2D eigenvalue weighted by Gasteiger charge is -2.08. The third-order valence-electron chi connectivity index (χ3n) is 1.67. The summed E-state index contributed by atoms with van der Waals surface area (Å²) in [5, 5.41) is 8.65. The molecule has 0 bridgehead atoms. The van der Waals surface area contributed by atoms with Gasteiger partial charge in [0.2, 0.25) is 0 Å². The fourth-order valence-corrected chi connectivity index (χ4v) is 0.957. The average Bonchev–Trinajstić information content (AvgIpc) is 2.50. The van der Waals surface area contributed by atoms with Crippen LogP contribution < -0.4 is 0 Å². The predicted molar refractivity (Wildman–Crippen MR) is 44.1 cm³/mol. The van der Waals surface area contributed by atoms with E-state index >= 15 is 0 Å². The molecule has 0 spiro atoms. The first-order chi connectivity index (χ1) is 5.29. The van der Waals surface area contributed by atoms with Crippen LogP contribution in [-0.4, -0.2) is 4.57 Å². The molecule has 0 radical (unpaired) electrons. The number of nitriles is 1. The lowest BCUT2D eigenvalue weighted by Crippen LogP contribution is -2.01. The molecule has 0 aliphatic carbocycles. The Labute approximate surface area is 66.4 Å². The molecule has 2 nitrogen and oxygen atoms in total. The van der Waals surface area contributed by atoms with Crippen molar-refractivity contribution in [1.29, 1.82) is 5.26 Å². The minimum absolute atomic E-state index is 0.194. The molecular formula is C9H10N2. The van der Waals surface area contributed by atoms with Crippen LogP contribution >= 0.6 is 0 Å². The van der Waals surface area contributed by atoms with Gasteiger partial charge in [-0.3, -0.25) is 0 Å². The minimum Gasteiger partial charge on any atom is -0.333 e. The molecule has 56 valence electrons. The number of rotatable bonds is 2. The largest absolute Gasteiger partial charge is 0.333 e. The molecule has 0 fully saturated rings. The van der Waals surface area contributed by atoms with Crippen LogP contribution in [0.25, 0.3) is 0 Å². The summed E-state index contributed by atoms with van der Waals surface area (Å²) in [4.78, 5) is 0. The number of allylic oxidation sites excluding steroid dienone is 1. The summed E-state index contributed by atoms with van der Waals surface area (Å²) in [6, 6.07) is 5.95. The highest BCUT2D eigenvalue weighted by Crippen LogP contribution is 2.10. The third kappa shape index (κ3) is 1.32. The maximum Gasteiger partial charge on any atom is 0.120 e. The van der Waals surface area contributed by atoms with Gasteiger partial charge < -0.3 is 4.57 Å². The quantitative estimate of drug-likeness (QED) is 0.587. The summed E-state index contributed by atoms with van der Waals surface area (Å²) in [7, 11) is 0. The Morgan fingerprint density at radius 3 is 3.09 bits per heavy atom. The summed E-state index contributed by atoms with van der Waals surface area (Å²) in [6.45, 7) is 5.66. The lowest BCUT2D eigenvalue weighted by molar-refractivity contribution is 0.659. The Hall–Kier alpha value is -1.49. The van der Waals surface area contributed by atoms with E-state index in [1.54, 1.807) is 12.1 Å². The van der Waals surface area contributed by atoms with Gasteiger partial charge in [0, 0.05) is 12.2 Å². The first kappa shape index (κ1) is 7.62. The smallest absolute Gasteiger partial charge is 0.120 e. The van der Waals surface area contributed by atoms with Crippen molar-refractivity contribution in [2.75, 3.05) is 0 Å². The molecule has 0 saturated heterocycles. The Morgan fingerprint density at radius 1 is 1.82 bits per heavy atom. The lowest BCUT2D eigenvalue weighted by atomic mass is 10.3. The number of hydrogen-bond acceptors (Lipinski definition) is 1. The molecule has 0 aliphatic heterocycles. The van der Waals surface area contributed by atoms with Gasteiger partial charge in [-0.25, -0.2) is 0 Å². The van der Waals surface area contributed by atoms with E-state index in [9.17, 15) is 0 Å². The van der Waals surface area contributed by atoms with Gasteiger partial charge in [0.05, 0.1) is 0 Å². The van der Waals surface area contributed by atoms with Gasteiger partial charge in [-0.2, -0.15) is 5.26 Å². The van der Waals surface area contributed by atoms with Crippen molar-refractivity contribution in [3.8, 4) is 6.07 Å². The first-order valence-corrected chi connectivity index (χ1v) is 3.49. The van der Waals surface area contributed by atoms with E-state index in [1.807, 2.05) is 23.8 Å². The second-order valence-electron chi connectivity index (χ2n) is 2.39. The van der Waals surface area contributed by atoms with E-state index in [1.165, 1.54) is 0 Å². The maximum absolute atomic E-state index is 8.65. The molecule has 11 heavy (non-hydrogen) atoms. The molecule has 1 atom stereocenters. The number of hydrogen-bond donors (Lipinski definition) is 0. The molecule has 1 heterocycles. The summed E-state index contributed by atoms with van der Waals surface area (Å²) < 4.78 is 1.88. The molecule has 0 aromatic carbocycles. The van der Waals surface area contributed by atoms with Crippen LogP contribution in [0.2, 0.25) is 0 Å². The number of aromatic nitrogens is 1. The fourth-order valence-electron chi connectivity index (χ4n) is 0.957. The van der Waals surface area contributed by atoms with Gasteiger partial charge in [0.25, 0.3) is 0 Å². The summed E-state index contributed by atoms with van der Waals surface area (Å²) in [6.07, 6.45) is 3.69. The highest BCUT2D eigenvalue weighted by Gasteiger charge is 2.02. The molecule has 0 saturated carbocycles. The van der Waals surface area contributed by atoms with E-state index in [0.717, 1.165) is 0 Å². The van der Waals surface area contributed by atoms with E-state index in [0.29, 0.717) is 5.69 Å². The summed E-state index contributed by atoms with van der Waals surface area (Å²) >= 11 is 0. The van der Waals surface area contributed by atoms with Gasteiger partial charge >= 0.3 is 0 Å². The Morgan fingerprint density at radius 2 is 2.55 bits per heavy atom. The monoisotopic (exact) mass is 146 g/mol. The summed E-state index contributed by atoms with van der Waals surface area (Å²) in [5.74, 6) is 0. The molecular weight excluding hydrogens is 136 g/mol. The van der Waals surface area contributed by atoms with Crippen LogP contribution in [0, 0.1) is 11.3 Å². The molecule has 0 amide bonds.